The quantitative estimate of drug-likeness (QED) is 0.526. The number of rotatable bonds is 4. The van der Waals surface area contributed by atoms with E-state index in [-0.39, 0.29) is 12.4 Å². The van der Waals surface area contributed by atoms with Gasteiger partial charge < -0.3 is 9.64 Å². The molecule has 0 saturated carbocycles. The Balaban J connectivity index is 1.90. The lowest BCUT2D eigenvalue weighted by molar-refractivity contribution is -0.139. The molecule has 1 atom stereocenters. The van der Waals surface area contributed by atoms with Crippen LogP contribution in [0.5, 0.6) is 0 Å². The van der Waals surface area contributed by atoms with Gasteiger partial charge in [0.2, 0.25) is 0 Å². The van der Waals surface area contributed by atoms with Gasteiger partial charge in [-0.05, 0) is 24.6 Å². The second kappa shape index (κ2) is 8.32. The lowest BCUT2D eigenvalue weighted by Gasteiger charge is -2.38. The molecule has 2 aromatic rings. The van der Waals surface area contributed by atoms with Crippen LogP contribution in [0, 0.1) is 5.82 Å². The predicted molar refractivity (Wildman–Crippen MR) is 111 cm³/mol. The first-order chi connectivity index (χ1) is 13.6. The molecule has 1 aromatic heterocycles. The number of carbonyl (C=O) groups is 1. The predicted octanol–water partition coefficient (Wildman–Crippen LogP) is 3.87. The minimum absolute atomic E-state index is 0.262. The summed E-state index contributed by atoms with van der Waals surface area (Å²) in [4.78, 5) is 24.2. The lowest BCUT2D eigenvalue weighted by atomic mass is 9.95. The Morgan fingerprint density at radius 3 is 3.07 bits per heavy atom. The van der Waals surface area contributed by atoms with Crippen LogP contribution >= 0.6 is 39.2 Å². The molecular weight excluding hydrogens is 467 g/mol. The van der Waals surface area contributed by atoms with E-state index < -0.39 is 12.0 Å². The van der Waals surface area contributed by atoms with Crippen molar-refractivity contribution in [3.05, 3.63) is 61.9 Å². The summed E-state index contributed by atoms with van der Waals surface area (Å²) in [6.07, 6.45) is 1.73. The van der Waals surface area contributed by atoms with Crippen LogP contribution in [0.2, 0.25) is 0 Å². The van der Waals surface area contributed by atoms with Crippen molar-refractivity contribution in [3.63, 3.8) is 0 Å². The average molecular weight is 483 g/mol. The minimum Gasteiger partial charge on any atom is -0.463 e. The molecule has 146 valence electrons. The largest absolute Gasteiger partial charge is 0.463 e. The average Bonchev–Trinajstić information content (AvgIpc) is 3.21. The van der Waals surface area contributed by atoms with Crippen molar-refractivity contribution in [2.45, 2.75) is 13.0 Å². The van der Waals surface area contributed by atoms with Crippen LogP contribution in [-0.2, 0) is 9.53 Å². The van der Waals surface area contributed by atoms with Crippen LogP contribution in [0.1, 0.15) is 23.5 Å². The van der Waals surface area contributed by atoms with Gasteiger partial charge in [-0.15, -0.1) is 11.3 Å². The van der Waals surface area contributed by atoms with Gasteiger partial charge in [0.25, 0.3) is 0 Å². The van der Waals surface area contributed by atoms with E-state index in [0.717, 1.165) is 10.7 Å². The number of fused-ring (bicyclic) bond motifs is 1. The Kier molecular flexibility index (Phi) is 5.81. The third kappa shape index (κ3) is 3.61. The van der Waals surface area contributed by atoms with Crippen molar-refractivity contribution in [2.24, 2.45) is 4.99 Å². The maximum absolute atomic E-state index is 13.7. The summed E-state index contributed by atoms with van der Waals surface area (Å²) >= 11 is 6.45. The van der Waals surface area contributed by atoms with E-state index in [1.807, 2.05) is 10.3 Å². The standard InChI is InChI=1S/C18H16BrFN4O2S2/c1-2-26-18(25)14-13-8-22-28-9-24(13)16(17-21-5-6-27-17)23-15(14)11-4-3-10(20)7-12(11)19/h3-7,15,22H,2,8-9H2,1H3/t15-/m0/s1. The molecule has 0 aliphatic carbocycles. The molecule has 2 aliphatic rings. The van der Waals surface area contributed by atoms with E-state index in [9.17, 15) is 9.18 Å². The molecular formula is C18H16BrFN4O2S2. The van der Waals surface area contributed by atoms with Crippen molar-refractivity contribution >= 4 is 51.0 Å². The Labute approximate surface area is 178 Å². The molecule has 0 bridgehead atoms. The van der Waals surface area contributed by atoms with E-state index in [1.165, 1.54) is 35.4 Å². The fraction of sp³-hybridized carbons (Fsp3) is 0.278. The molecule has 28 heavy (non-hydrogen) atoms. The summed E-state index contributed by atoms with van der Waals surface area (Å²) in [5, 5.41) is 2.66. The van der Waals surface area contributed by atoms with Gasteiger partial charge in [0, 0.05) is 28.3 Å². The van der Waals surface area contributed by atoms with Crippen LogP contribution in [-0.4, -0.2) is 40.7 Å². The fourth-order valence-electron chi connectivity index (χ4n) is 3.14. The number of ether oxygens (including phenoxy) is 1. The molecule has 1 N–H and O–H groups in total. The zero-order chi connectivity index (χ0) is 19.7. The van der Waals surface area contributed by atoms with Crippen molar-refractivity contribution in [2.75, 3.05) is 19.0 Å². The zero-order valence-corrected chi connectivity index (χ0v) is 18.0. The number of thiazole rings is 1. The van der Waals surface area contributed by atoms with E-state index in [2.05, 4.69) is 25.6 Å². The van der Waals surface area contributed by atoms with Crippen LogP contribution in [0.15, 0.2) is 50.5 Å². The molecule has 1 fully saturated rings. The summed E-state index contributed by atoms with van der Waals surface area (Å²) in [6.45, 7) is 2.52. The second-order valence-electron chi connectivity index (χ2n) is 5.96. The number of hydrogen-bond donors (Lipinski definition) is 1. The van der Waals surface area contributed by atoms with Gasteiger partial charge in [-0.1, -0.05) is 33.9 Å². The molecule has 1 aromatic carbocycles. The van der Waals surface area contributed by atoms with Crippen LogP contribution in [0.4, 0.5) is 4.39 Å². The van der Waals surface area contributed by atoms with Crippen molar-refractivity contribution in [3.8, 4) is 0 Å². The SMILES string of the molecule is CCOC(=O)C1=C2CNSCN2C(c2nccs2)=N[C@H]1c1ccc(F)cc1Br. The highest BCUT2D eigenvalue weighted by molar-refractivity contribution is 9.10. The number of halogens is 2. The number of nitrogens with zero attached hydrogens (tertiary/aromatic N) is 3. The highest BCUT2D eigenvalue weighted by Crippen LogP contribution is 2.40. The van der Waals surface area contributed by atoms with E-state index in [0.29, 0.717) is 33.9 Å². The number of benzene rings is 1. The van der Waals surface area contributed by atoms with Crippen LogP contribution < -0.4 is 4.72 Å². The molecule has 6 nitrogen and oxygen atoms in total. The van der Waals surface area contributed by atoms with Gasteiger partial charge in [0.1, 0.15) is 11.9 Å². The fourth-order valence-corrected chi connectivity index (χ4v) is 5.08. The van der Waals surface area contributed by atoms with Crippen molar-refractivity contribution in [1.29, 1.82) is 0 Å². The monoisotopic (exact) mass is 482 g/mol. The number of esters is 1. The van der Waals surface area contributed by atoms with Gasteiger partial charge in [0.05, 0.1) is 18.1 Å². The summed E-state index contributed by atoms with van der Waals surface area (Å²) in [7, 11) is 0. The second-order valence-corrected chi connectivity index (χ2v) is 8.55. The van der Waals surface area contributed by atoms with E-state index >= 15 is 0 Å². The minimum atomic E-state index is -0.621. The summed E-state index contributed by atoms with van der Waals surface area (Å²) in [5.41, 5.74) is 1.96. The third-order valence-corrected chi connectivity index (χ3v) is 6.52. The molecule has 3 heterocycles. The number of carbonyl (C=O) groups excluding carboxylic acids is 1. The first kappa shape index (κ1) is 19.6. The molecule has 10 heteroatoms. The maximum atomic E-state index is 13.7. The lowest BCUT2D eigenvalue weighted by Crippen LogP contribution is -2.44. The Morgan fingerprint density at radius 1 is 1.50 bits per heavy atom. The summed E-state index contributed by atoms with van der Waals surface area (Å²) in [6, 6.07) is 3.77. The van der Waals surface area contributed by atoms with Gasteiger partial charge in [-0.25, -0.2) is 14.2 Å². The van der Waals surface area contributed by atoms with Gasteiger partial charge in [-0.2, -0.15) is 0 Å². The van der Waals surface area contributed by atoms with Gasteiger partial charge >= 0.3 is 5.97 Å². The third-order valence-electron chi connectivity index (χ3n) is 4.33. The number of amidine groups is 1. The highest BCUT2D eigenvalue weighted by atomic mass is 79.9. The molecule has 0 amide bonds. The topological polar surface area (TPSA) is 66.8 Å². The first-order valence-electron chi connectivity index (χ1n) is 8.55. The number of nitrogens with one attached hydrogen (secondary N) is 1. The van der Waals surface area contributed by atoms with Gasteiger partial charge in [0.15, 0.2) is 10.8 Å². The van der Waals surface area contributed by atoms with E-state index in [1.54, 1.807) is 19.2 Å². The number of hydrogen-bond acceptors (Lipinski definition) is 8. The first-order valence-corrected chi connectivity index (χ1v) is 11.2. The van der Waals surface area contributed by atoms with Crippen LogP contribution in [0.3, 0.4) is 0 Å². The summed E-state index contributed by atoms with van der Waals surface area (Å²) < 4.78 is 22.8. The van der Waals surface area contributed by atoms with E-state index in [4.69, 9.17) is 9.73 Å². The molecule has 0 spiro atoms. The van der Waals surface area contributed by atoms with Crippen LogP contribution in [0.25, 0.3) is 0 Å². The smallest absolute Gasteiger partial charge is 0.338 e. The zero-order valence-electron chi connectivity index (χ0n) is 14.8. The Hall–Kier alpha value is -1.75. The molecule has 4 rings (SSSR count). The normalized spacial score (nSPS) is 19.3. The highest BCUT2D eigenvalue weighted by Gasteiger charge is 2.38. The maximum Gasteiger partial charge on any atom is 0.338 e. The molecule has 2 aliphatic heterocycles. The van der Waals surface area contributed by atoms with Crippen molar-refractivity contribution in [1.82, 2.24) is 14.6 Å². The van der Waals surface area contributed by atoms with Gasteiger partial charge in [-0.3, -0.25) is 9.71 Å². The molecule has 0 radical (unpaired) electrons. The number of aromatic nitrogens is 1. The van der Waals surface area contributed by atoms with Crippen molar-refractivity contribution < 1.29 is 13.9 Å². The Bertz CT molecular complexity index is 965. The summed E-state index contributed by atoms with van der Waals surface area (Å²) in [5.74, 6) is 0.513. The molecule has 0 unspecified atom stereocenters. The Morgan fingerprint density at radius 2 is 2.36 bits per heavy atom. The number of aliphatic imine (C=N–C) groups is 1. The molecule has 1 saturated heterocycles.